The van der Waals surface area contributed by atoms with Crippen LogP contribution >= 0.6 is 11.3 Å². The van der Waals surface area contributed by atoms with Gasteiger partial charge in [-0.3, -0.25) is 9.59 Å². The summed E-state index contributed by atoms with van der Waals surface area (Å²) in [5.74, 6) is 1.03. The predicted octanol–water partition coefficient (Wildman–Crippen LogP) is 2.26. The van der Waals surface area contributed by atoms with Gasteiger partial charge in [0, 0.05) is 39.0 Å². The maximum absolute atomic E-state index is 12.2. The Morgan fingerprint density at radius 3 is 2.50 bits per heavy atom. The third-order valence-electron chi connectivity index (χ3n) is 3.82. The molecule has 3 rings (SSSR count). The lowest BCUT2D eigenvalue weighted by Gasteiger charge is -2.34. The van der Waals surface area contributed by atoms with E-state index in [0.29, 0.717) is 39.0 Å². The van der Waals surface area contributed by atoms with Crippen LogP contribution in [0.3, 0.4) is 0 Å². The van der Waals surface area contributed by atoms with Crippen LogP contribution in [0.1, 0.15) is 21.9 Å². The van der Waals surface area contributed by atoms with Gasteiger partial charge in [0.15, 0.2) is 0 Å². The van der Waals surface area contributed by atoms with Gasteiger partial charge in [-0.2, -0.15) is 0 Å². The SMILES string of the molecule is O=C(CCc1ccco1)N1CCN(C(=O)c2cccs2)CC1. The minimum atomic E-state index is 0.0673. The second-order valence-electron chi connectivity index (χ2n) is 5.23. The summed E-state index contributed by atoms with van der Waals surface area (Å²) >= 11 is 1.46. The van der Waals surface area contributed by atoms with Crippen LogP contribution in [0.15, 0.2) is 40.3 Å². The molecule has 5 nitrogen and oxygen atoms in total. The molecule has 1 aliphatic heterocycles. The number of hydrogen-bond donors (Lipinski definition) is 0. The van der Waals surface area contributed by atoms with Gasteiger partial charge in [0.25, 0.3) is 5.91 Å². The molecular formula is C16H18N2O3S. The number of thiophene rings is 1. The van der Waals surface area contributed by atoms with Crippen molar-refractivity contribution < 1.29 is 14.0 Å². The topological polar surface area (TPSA) is 53.8 Å². The number of piperazine rings is 1. The largest absolute Gasteiger partial charge is 0.469 e. The van der Waals surface area contributed by atoms with Crippen molar-refractivity contribution >= 4 is 23.2 Å². The number of aryl methyl sites for hydroxylation is 1. The molecule has 0 aromatic carbocycles. The minimum absolute atomic E-state index is 0.0673. The molecule has 0 N–H and O–H groups in total. The van der Waals surface area contributed by atoms with Gasteiger partial charge in [0.05, 0.1) is 11.1 Å². The Kier molecular flexibility index (Phi) is 4.58. The van der Waals surface area contributed by atoms with E-state index in [-0.39, 0.29) is 11.8 Å². The lowest BCUT2D eigenvalue weighted by molar-refractivity contribution is -0.132. The highest BCUT2D eigenvalue weighted by atomic mass is 32.1. The Labute approximate surface area is 133 Å². The number of furan rings is 1. The summed E-state index contributed by atoms with van der Waals surface area (Å²) in [6.07, 6.45) is 2.70. The highest BCUT2D eigenvalue weighted by molar-refractivity contribution is 7.12. The minimum Gasteiger partial charge on any atom is -0.469 e. The molecule has 116 valence electrons. The zero-order chi connectivity index (χ0) is 15.4. The van der Waals surface area contributed by atoms with E-state index >= 15 is 0 Å². The molecule has 1 aliphatic rings. The second-order valence-corrected chi connectivity index (χ2v) is 6.18. The van der Waals surface area contributed by atoms with Gasteiger partial charge in [-0.05, 0) is 23.6 Å². The van der Waals surface area contributed by atoms with E-state index in [1.807, 2.05) is 39.4 Å². The molecule has 1 saturated heterocycles. The van der Waals surface area contributed by atoms with Gasteiger partial charge >= 0.3 is 0 Å². The van der Waals surface area contributed by atoms with Crippen molar-refractivity contribution in [2.45, 2.75) is 12.8 Å². The van der Waals surface area contributed by atoms with Crippen molar-refractivity contribution in [3.05, 3.63) is 46.5 Å². The Morgan fingerprint density at radius 1 is 1.09 bits per heavy atom. The highest BCUT2D eigenvalue weighted by Gasteiger charge is 2.25. The Balaban J connectivity index is 1.47. The standard InChI is InChI=1S/C16H18N2O3S/c19-15(6-5-13-3-1-11-21-13)17-7-9-18(10-8-17)16(20)14-4-2-12-22-14/h1-4,11-12H,5-10H2. The van der Waals surface area contributed by atoms with Crippen LogP contribution in [0.25, 0.3) is 0 Å². The van der Waals surface area contributed by atoms with Gasteiger partial charge in [0.1, 0.15) is 5.76 Å². The van der Waals surface area contributed by atoms with E-state index in [4.69, 9.17) is 4.42 Å². The van der Waals surface area contributed by atoms with Crippen molar-refractivity contribution in [1.29, 1.82) is 0 Å². The molecule has 6 heteroatoms. The molecule has 0 aliphatic carbocycles. The molecule has 1 fully saturated rings. The fourth-order valence-corrected chi connectivity index (χ4v) is 3.25. The maximum Gasteiger partial charge on any atom is 0.264 e. The predicted molar refractivity (Wildman–Crippen MR) is 83.8 cm³/mol. The zero-order valence-electron chi connectivity index (χ0n) is 12.2. The molecule has 3 heterocycles. The smallest absolute Gasteiger partial charge is 0.264 e. The number of nitrogens with zero attached hydrogens (tertiary/aromatic N) is 2. The van der Waals surface area contributed by atoms with Crippen LogP contribution in [0.4, 0.5) is 0 Å². The van der Waals surface area contributed by atoms with Gasteiger partial charge in [-0.1, -0.05) is 6.07 Å². The van der Waals surface area contributed by atoms with E-state index in [1.165, 1.54) is 11.3 Å². The van der Waals surface area contributed by atoms with Crippen LogP contribution < -0.4 is 0 Å². The molecule has 0 spiro atoms. The third kappa shape index (κ3) is 3.39. The van der Waals surface area contributed by atoms with E-state index < -0.39 is 0 Å². The number of carbonyl (C=O) groups is 2. The summed E-state index contributed by atoms with van der Waals surface area (Å²) in [7, 11) is 0. The van der Waals surface area contributed by atoms with Gasteiger partial charge in [0.2, 0.25) is 5.91 Å². The van der Waals surface area contributed by atoms with Gasteiger partial charge in [-0.25, -0.2) is 0 Å². The van der Waals surface area contributed by atoms with E-state index in [9.17, 15) is 9.59 Å². The van der Waals surface area contributed by atoms with E-state index in [1.54, 1.807) is 6.26 Å². The summed E-state index contributed by atoms with van der Waals surface area (Å²) in [4.78, 5) is 28.8. The summed E-state index contributed by atoms with van der Waals surface area (Å²) in [5.41, 5.74) is 0. The lowest BCUT2D eigenvalue weighted by atomic mass is 10.2. The summed E-state index contributed by atoms with van der Waals surface area (Å²) in [6, 6.07) is 7.43. The zero-order valence-corrected chi connectivity index (χ0v) is 13.1. The first kappa shape index (κ1) is 14.8. The van der Waals surface area contributed by atoms with Crippen molar-refractivity contribution in [2.75, 3.05) is 26.2 Å². The Bertz CT molecular complexity index is 614. The number of amides is 2. The highest BCUT2D eigenvalue weighted by Crippen LogP contribution is 2.14. The molecule has 0 bridgehead atoms. The fraction of sp³-hybridized carbons (Fsp3) is 0.375. The van der Waals surface area contributed by atoms with Crippen molar-refractivity contribution in [1.82, 2.24) is 9.80 Å². The number of rotatable bonds is 4. The lowest BCUT2D eigenvalue weighted by Crippen LogP contribution is -2.50. The molecular weight excluding hydrogens is 300 g/mol. The molecule has 22 heavy (non-hydrogen) atoms. The second kappa shape index (κ2) is 6.79. The summed E-state index contributed by atoms with van der Waals surface area (Å²) in [6.45, 7) is 2.41. The molecule has 2 amide bonds. The van der Waals surface area contributed by atoms with Crippen molar-refractivity contribution in [3.8, 4) is 0 Å². The maximum atomic E-state index is 12.2. The van der Waals surface area contributed by atoms with Gasteiger partial charge < -0.3 is 14.2 Å². The molecule has 0 radical (unpaired) electrons. The quantitative estimate of drug-likeness (QED) is 0.869. The Hall–Kier alpha value is -2.08. The average Bonchev–Trinajstić information content (AvgIpc) is 3.25. The van der Waals surface area contributed by atoms with Crippen LogP contribution in [0.5, 0.6) is 0 Å². The van der Waals surface area contributed by atoms with Gasteiger partial charge in [-0.15, -0.1) is 11.3 Å². The van der Waals surface area contributed by atoms with Crippen LogP contribution in [-0.2, 0) is 11.2 Å². The van der Waals surface area contributed by atoms with Crippen molar-refractivity contribution in [3.63, 3.8) is 0 Å². The first-order valence-corrected chi connectivity index (χ1v) is 8.25. The molecule has 2 aromatic rings. The molecule has 0 atom stereocenters. The Morgan fingerprint density at radius 2 is 1.86 bits per heavy atom. The van der Waals surface area contributed by atoms with Crippen LogP contribution in [0, 0.1) is 0 Å². The third-order valence-corrected chi connectivity index (χ3v) is 4.67. The van der Waals surface area contributed by atoms with E-state index in [2.05, 4.69) is 0 Å². The number of hydrogen-bond acceptors (Lipinski definition) is 4. The molecule has 0 saturated carbocycles. The molecule has 2 aromatic heterocycles. The fourth-order valence-electron chi connectivity index (χ4n) is 2.56. The normalized spacial score (nSPS) is 15.1. The molecule has 0 unspecified atom stereocenters. The average molecular weight is 318 g/mol. The monoisotopic (exact) mass is 318 g/mol. The van der Waals surface area contributed by atoms with E-state index in [0.717, 1.165) is 10.6 Å². The number of carbonyl (C=O) groups excluding carboxylic acids is 2. The first-order chi connectivity index (χ1) is 10.7. The van der Waals surface area contributed by atoms with Crippen LogP contribution in [0.2, 0.25) is 0 Å². The first-order valence-electron chi connectivity index (χ1n) is 7.37. The van der Waals surface area contributed by atoms with Crippen molar-refractivity contribution in [2.24, 2.45) is 0 Å². The summed E-state index contributed by atoms with van der Waals surface area (Å²) in [5, 5.41) is 1.90. The van der Waals surface area contributed by atoms with Crippen LogP contribution in [-0.4, -0.2) is 47.8 Å². The summed E-state index contributed by atoms with van der Waals surface area (Å²) < 4.78 is 5.24.